The normalized spacial score (nSPS) is 17.1. The van der Waals surface area contributed by atoms with Crippen molar-refractivity contribution in [2.45, 2.75) is 24.8 Å². The predicted octanol–water partition coefficient (Wildman–Crippen LogP) is 5.09. The molecule has 154 valence electrons. The summed E-state index contributed by atoms with van der Waals surface area (Å²) in [5.74, 6) is 1.09. The summed E-state index contributed by atoms with van der Waals surface area (Å²) < 4.78 is 5.98. The van der Waals surface area contributed by atoms with E-state index in [9.17, 15) is 4.79 Å². The van der Waals surface area contributed by atoms with Crippen LogP contribution >= 0.6 is 22.9 Å². The first kappa shape index (κ1) is 19.6. The number of nitrogens with zero attached hydrogens (tertiary/aromatic N) is 1. The van der Waals surface area contributed by atoms with Crippen LogP contribution in [-0.4, -0.2) is 30.5 Å². The molecule has 6 heteroatoms. The van der Waals surface area contributed by atoms with E-state index in [0.717, 1.165) is 53.2 Å². The van der Waals surface area contributed by atoms with Gasteiger partial charge in [-0.1, -0.05) is 35.9 Å². The summed E-state index contributed by atoms with van der Waals surface area (Å²) in [5, 5.41) is 2.75. The van der Waals surface area contributed by atoms with Crippen molar-refractivity contribution in [3.05, 3.63) is 74.9 Å². The van der Waals surface area contributed by atoms with Crippen molar-refractivity contribution in [2.75, 3.05) is 19.7 Å². The Balaban J connectivity index is 1.30. The molecule has 1 amide bonds. The lowest BCUT2D eigenvalue weighted by Gasteiger charge is -2.38. The number of likely N-dealkylation sites (tertiary alicyclic amines) is 1. The zero-order valence-electron chi connectivity index (χ0n) is 16.6. The summed E-state index contributed by atoms with van der Waals surface area (Å²) in [6.45, 7) is 2.70. The first-order chi connectivity index (χ1) is 14.6. The molecule has 0 aliphatic carbocycles. The lowest BCUT2D eigenvalue weighted by Crippen LogP contribution is -2.45. The maximum Gasteiger partial charge on any atom is 0.263 e. The van der Waals surface area contributed by atoms with Crippen molar-refractivity contribution in [3.8, 4) is 16.9 Å². The summed E-state index contributed by atoms with van der Waals surface area (Å²) >= 11 is 7.49. The summed E-state index contributed by atoms with van der Waals surface area (Å²) in [7, 11) is 0. The van der Waals surface area contributed by atoms with Gasteiger partial charge in [0.2, 0.25) is 0 Å². The lowest BCUT2D eigenvalue weighted by molar-refractivity contribution is 0.0651. The van der Waals surface area contributed by atoms with Crippen LogP contribution < -0.4 is 10.5 Å². The average molecular weight is 439 g/mol. The second kappa shape index (κ2) is 7.73. The van der Waals surface area contributed by atoms with E-state index in [4.69, 9.17) is 22.1 Å². The molecule has 0 saturated carbocycles. The Bertz CT molecular complexity index is 1080. The Morgan fingerprint density at radius 1 is 1.10 bits per heavy atom. The van der Waals surface area contributed by atoms with Gasteiger partial charge in [0.1, 0.15) is 5.75 Å². The molecule has 1 fully saturated rings. The van der Waals surface area contributed by atoms with E-state index in [2.05, 4.69) is 6.07 Å². The number of piperidine rings is 1. The van der Waals surface area contributed by atoms with Crippen LogP contribution in [-0.2, 0) is 12.0 Å². The van der Waals surface area contributed by atoms with Gasteiger partial charge in [0.15, 0.2) is 0 Å². The minimum absolute atomic E-state index is 0.00120. The molecule has 30 heavy (non-hydrogen) atoms. The van der Waals surface area contributed by atoms with Gasteiger partial charge in [0, 0.05) is 35.6 Å². The molecule has 2 aliphatic rings. The maximum atomic E-state index is 13.1. The Kier molecular flexibility index (Phi) is 5.05. The molecule has 5 rings (SSSR count). The molecule has 2 aliphatic heterocycles. The van der Waals surface area contributed by atoms with Crippen LogP contribution in [0.3, 0.4) is 0 Å². The van der Waals surface area contributed by atoms with Crippen LogP contribution in [0.25, 0.3) is 11.1 Å². The number of nitrogens with two attached hydrogens (primary N) is 1. The second-order valence-electron chi connectivity index (χ2n) is 8.10. The predicted molar refractivity (Wildman–Crippen MR) is 121 cm³/mol. The van der Waals surface area contributed by atoms with E-state index in [0.29, 0.717) is 18.2 Å². The first-order valence-electron chi connectivity index (χ1n) is 10.2. The minimum Gasteiger partial charge on any atom is -0.492 e. The molecule has 0 unspecified atom stereocenters. The maximum absolute atomic E-state index is 13.1. The van der Waals surface area contributed by atoms with Crippen molar-refractivity contribution in [1.82, 2.24) is 4.90 Å². The van der Waals surface area contributed by atoms with Crippen molar-refractivity contribution < 1.29 is 9.53 Å². The zero-order chi connectivity index (χ0) is 20.7. The molecule has 1 aromatic heterocycles. The van der Waals surface area contributed by atoms with Crippen molar-refractivity contribution in [2.24, 2.45) is 5.73 Å². The van der Waals surface area contributed by atoms with Gasteiger partial charge in [-0.2, -0.15) is 0 Å². The number of carbonyl (C=O) groups excluding carboxylic acids is 1. The molecular weight excluding hydrogens is 416 g/mol. The molecular formula is C24H23ClN2O2S. The van der Waals surface area contributed by atoms with E-state index in [1.807, 2.05) is 52.7 Å². The molecule has 2 aromatic carbocycles. The number of fused-ring (bicyclic) bond motifs is 2. The van der Waals surface area contributed by atoms with E-state index in [1.54, 1.807) is 0 Å². The molecule has 0 radical (unpaired) electrons. The van der Waals surface area contributed by atoms with E-state index >= 15 is 0 Å². The van der Waals surface area contributed by atoms with E-state index < -0.39 is 0 Å². The van der Waals surface area contributed by atoms with Gasteiger partial charge in [-0.3, -0.25) is 4.79 Å². The van der Waals surface area contributed by atoms with Crippen molar-refractivity contribution in [1.29, 1.82) is 0 Å². The number of rotatable bonds is 3. The molecule has 3 aromatic rings. The van der Waals surface area contributed by atoms with Gasteiger partial charge in [0.05, 0.1) is 11.5 Å². The summed E-state index contributed by atoms with van der Waals surface area (Å²) in [6, 6.07) is 16.0. The molecule has 1 saturated heterocycles. The highest BCUT2D eigenvalue weighted by molar-refractivity contribution is 7.12. The van der Waals surface area contributed by atoms with E-state index in [-0.39, 0.29) is 11.3 Å². The molecule has 4 nitrogen and oxygen atoms in total. The van der Waals surface area contributed by atoms with Gasteiger partial charge in [-0.25, -0.2) is 0 Å². The fourth-order valence-corrected chi connectivity index (χ4v) is 5.50. The van der Waals surface area contributed by atoms with Gasteiger partial charge in [-0.15, -0.1) is 11.3 Å². The molecule has 0 bridgehead atoms. The quantitative estimate of drug-likeness (QED) is 0.619. The van der Waals surface area contributed by atoms with Gasteiger partial charge >= 0.3 is 0 Å². The summed E-state index contributed by atoms with van der Waals surface area (Å²) in [4.78, 5) is 15.9. The molecule has 1 spiro atoms. The number of ether oxygens (including phenoxy) is 1. The third kappa shape index (κ3) is 3.41. The van der Waals surface area contributed by atoms with Crippen LogP contribution in [0.15, 0.2) is 53.9 Å². The SMILES string of the molecule is NCc1ccc2c(c1)C1(CCN(C(=O)c3cc(-c4ccc(Cl)cc4)cs3)CC1)CO2. The molecule has 3 heterocycles. The van der Waals surface area contributed by atoms with Crippen LogP contribution in [0.2, 0.25) is 5.02 Å². The smallest absolute Gasteiger partial charge is 0.263 e. The first-order valence-corrected chi connectivity index (χ1v) is 11.4. The number of carbonyl (C=O) groups is 1. The van der Waals surface area contributed by atoms with Gasteiger partial charge in [0.25, 0.3) is 5.91 Å². The average Bonchev–Trinajstić information content (AvgIpc) is 3.40. The zero-order valence-corrected chi connectivity index (χ0v) is 18.1. The van der Waals surface area contributed by atoms with Crippen LogP contribution in [0.5, 0.6) is 5.75 Å². The second-order valence-corrected chi connectivity index (χ2v) is 9.45. The fraction of sp³-hybridized carbons (Fsp3) is 0.292. The topological polar surface area (TPSA) is 55.6 Å². The Labute approximate surface area is 185 Å². The highest BCUT2D eigenvalue weighted by Crippen LogP contribution is 2.46. The summed E-state index contributed by atoms with van der Waals surface area (Å²) in [6.07, 6.45) is 1.82. The van der Waals surface area contributed by atoms with Gasteiger partial charge < -0.3 is 15.4 Å². The number of halogens is 1. The van der Waals surface area contributed by atoms with Crippen LogP contribution in [0, 0.1) is 0 Å². The third-order valence-corrected chi connectivity index (χ3v) is 7.52. The number of thiophene rings is 1. The standard InChI is InChI=1S/C24H23ClN2O2S/c25-19-4-2-17(3-5-19)18-12-22(30-14-18)23(28)27-9-7-24(8-10-27)15-29-21-6-1-16(13-26)11-20(21)24/h1-6,11-12,14H,7-10,13,15,26H2. The minimum atomic E-state index is 0.00120. The largest absolute Gasteiger partial charge is 0.492 e. The van der Waals surface area contributed by atoms with Crippen molar-refractivity contribution in [3.63, 3.8) is 0 Å². The molecule has 0 atom stereocenters. The Morgan fingerprint density at radius 2 is 1.87 bits per heavy atom. The summed E-state index contributed by atoms with van der Waals surface area (Å²) in [5.41, 5.74) is 10.4. The highest BCUT2D eigenvalue weighted by atomic mass is 35.5. The number of hydrogen-bond donors (Lipinski definition) is 1. The van der Waals surface area contributed by atoms with Gasteiger partial charge in [-0.05, 0) is 59.2 Å². The third-order valence-electron chi connectivity index (χ3n) is 6.35. The van der Waals surface area contributed by atoms with Crippen molar-refractivity contribution >= 4 is 28.8 Å². The molecule has 2 N–H and O–H groups in total. The number of benzene rings is 2. The Hall–Kier alpha value is -2.34. The highest BCUT2D eigenvalue weighted by Gasteiger charge is 2.44. The van der Waals surface area contributed by atoms with Crippen LogP contribution in [0.4, 0.5) is 0 Å². The number of hydrogen-bond acceptors (Lipinski definition) is 4. The Morgan fingerprint density at radius 3 is 2.60 bits per heavy atom. The van der Waals surface area contributed by atoms with Crippen LogP contribution in [0.1, 0.15) is 33.6 Å². The lowest BCUT2D eigenvalue weighted by atomic mass is 9.74. The number of amides is 1. The fourth-order valence-electron chi connectivity index (χ4n) is 4.49. The van der Waals surface area contributed by atoms with E-state index in [1.165, 1.54) is 16.9 Å². The monoisotopic (exact) mass is 438 g/mol.